The molecule has 0 atom stereocenters. The van der Waals surface area contributed by atoms with E-state index in [4.69, 9.17) is 0 Å². The van der Waals surface area contributed by atoms with E-state index in [0.717, 1.165) is 0 Å². The summed E-state index contributed by atoms with van der Waals surface area (Å²) < 4.78 is 28.1. The summed E-state index contributed by atoms with van der Waals surface area (Å²) in [4.78, 5) is 0. The van der Waals surface area contributed by atoms with Gasteiger partial charge in [-0.3, -0.25) is 0 Å². The van der Waals surface area contributed by atoms with Crippen molar-refractivity contribution in [3.63, 3.8) is 0 Å². The minimum atomic E-state index is -5.87. The Kier molecular flexibility index (Phi) is 2.96. The molecule has 0 N–H and O–H groups in total. The summed E-state index contributed by atoms with van der Waals surface area (Å²) in [5.74, 6) is 0. The molecule has 0 aromatic heterocycles. The molecule has 70 valence electrons. The zero-order valence-electron chi connectivity index (χ0n) is 7.82. The molecule has 0 aliphatic carbocycles. The molecule has 0 aliphatic heterocycles. The zero-order valence-corrected chi connectivity index (χ0v) is 10.4. The average molecular weight is 283 g/mol. The Balaban J connectivity index is 5.56. The van der Waals surface area contributed by atoms with Crippen molar-refractivity contribution < 1.29 is 5.63 Å². The van der Waals surface area contributed by atoms with Crippen molar-refractivity contribution in [2.24, 2.45) is 0 Å². The molecule has 0 unspecified atom stereocenters. The molecule has 0 spiro atoms. The molecule has 0 aromatic rings. The fourth-order valence-corrected chi connectivity index (χ4v) is 6.56. The van der Waals surface area contributed by atoms with Crippen LogP contribution in [0.3, 0.4) is 0 Å². The van der Waals surface area contributed by atoms with Gasteiger partial charge in [0.05, 0.1) is 0 Å². The van der Waals surface area contributed by atoms with Crippen LogP contribution in [0.2, 0.25) is 0 Å². The summed E-state index contributed by atoms with van der Waals surface area (Å²) in [5, 5.41) is 0. The first kappa shape index (κ1) is 11.9. The zero-order chi connectivity index (χ0) is 10.2. The second kappa shape index (κ2) is 2.99. The van der Waals surface area contributed by atoms with E-state index in [9.17, 15) is 5.63 Å². The molecule has 0 radical (unpaired) electrons. The van der Waals surface area contributed by atoms with Gasteiger partial charge in [-0.15, -0.1) is 0 Å². The molecular formula is C9H15F2Sb. The van der Waals surface area contributed by atoms with E-state index in [0.29, 0.717) is 0 Å². The second-order valence-corrected chi connectivity index (χ2v) is 14.8. The quantitative estimate of drug-likeness (QED) is 0.693. The first-order valence-corrected chi connectivity index (χ1v) is 9.33. The third kappa shape index (κ3) is 1.37. The van der Waals surface area contributed by atoms with Gasteiger partial charge in [-0.05, 0) is 0 Å². The van der Waals surface area contributed by atoms with Crippen LogP contribution in [0.25, 0.3) is 0 Å². The third-order valence-electron chi connectivity index (χ3n) is 2.01. The van der Waals surface area contributed by atoms with E-state index >= 15 is 0 Å². The van der Waals surface area contributed by atoms with Crippen LogP contribution >= 0.6 is 0 Å². The maximum absolute atomic E-state index is 14.1. The van der Waals surface area contributed by atoms with Crippen LogP contribution in [-0.2, 0) is 0 Å². The normalized spacial score (nSPS) is 14.6. The SMILES string of the molecule is C=[C](C)[Sb]([F])([F])([C](=C)C)[C](=C)C. The van der Waals surface area contributed by atoms with Gasteiger partial charge in [-0.1, -0.05) is 0 Å². The monoisotopic (exact) mass is 282 g/mol. The molecule has 0 rings (SSSR count). The Morgan fingerprint density at radius 2 is 1.00 bits per heavy atom. The average Bonchev–Trinajstić information content (AvgIpc) is 1.86. The van der Waals surface area contributed by atoms with Crippen molar-refractivity contribution in [2.45, 2.75) is 20.8 Å². The van der Waals surface area contributed by atoms with E-state index in [-0.39, 0.29) is 10.6 Å². The van der Waals surface area contributed by atoms with Gasteiger partial charge < -0.3 is 0 Å². The summed E-state index contributed by atoms with van der Waals surface area (Å²) >= 11 is -5.87. The predicted octanol–water partition coefficient (Wildman–Crippen LogP) is 3.67. The fourth-order valence-electron chi connectivity index (χ4n) is 0.977. The molecule has 3 heteroatoms. The van der Waals surface area contributed by atoms with E-state index in [1.54, 1.807) is 0 Å². The summed E-state index contributed by atoms with van der Waals surface area (Å²) in [6.07, 6.45) is 0. The molecule has 0 amide bonds. The van der Waals surface area contributed by atoms with Gasteiger partial charge in [0.25, 0.3) is 0 Å². The Labute approximate surface area is 75.3 Å². The van der Waals surface area contributed by atoms with E-state index in [1.807, 2.05) is 0 Å². The molecule has 12 heavy (non-hydrogen) atoms. The van der Waals surface area contributed by atoms with Crippen LogP contribution in [-0.4, -0.2) is 18.6 Å². The van der Waals surface area contributed by atoms with Gasteiger partial charge >= 0.3 is 75.3 Å². The molecule has 0 saturated heterocycles. The van der Waals surface area contributed by atoms with Gasteiger partial charge in [0.1, 0.15) is 0 Å². The number of rotatable bonds is 3. The van der Waals surface area contributed by atoms with Crippen molar-refractivity contribution >= 4 is 18.6 Å². The molecule has 0 saturated carbocycles. The molecule has 0 bridgehead atoms. The summed E-state index contributed by atoms with van der Waals surface area (Å²) in [5.41, 5.74) is 0. The second-order valence-electron chi connectivity index (χ2n) is 3.11. The summed E-state index contributed by atoms with van der Waals surface area (Å²) in [7, 11) is 0. The van der Waals surface area contributed by atoms with Gasteiger partial charge in [-0.2, -0.15) is 0 Å². The standard InChI is InChI=1S/3C3H5.2FH.Sb/c3*1-3-2;;;/h3*1H2,2H3;2*1H;/q;;;;;+2/p-2. The summed E-state index contributed by atoms with van der Waals surface area (Å²) in [6, 6.07) is 0. The Bertz CT molecular complexity index is 221. The number of hydrogen-bond donors (Lipinski definition) is 0. The molecule has 0 aromatic carbocycles. The molecule has 0 nitrogen and oxygen atoms in total. The molecular weight excluding hydrogens is 268 g/mol. The Morgan fingerprint density at radius 3 is 1.00 bits per heavy atom. The number of hydrogen-bond acceptors (Lipinski definition) is 0. The first-order valence-electron chi connectivity index (χ1n) is 3.57. The predicted molar refractivity (Wildman–Crippen MR) is 52.4 cm³/mol. The van der Waals surface area contributed by atoms with Crippen molar-refractivity contribution in [1.29, 1.82) is 0 Å². The van der Waals surface area contributed by atoms with Crippen molar-refractivity contribution in [3.05, 3.63) is 30.3 Å². The molecule has 0 aliphatic rings. The van der Waals surface area contributed by atoms with Crippen LogP contribution in [0.15, 0.2) is 30.3 Å². The van der Waals surface area contributed by atoms with Gasteiger partial charge in [0.15, 0.2) is 0 Å². The summed E-state index contributed by atoms with van der Waals surface area (Å²) in [6.45, 7) is 14.2. The number of halogens is 2. The van der Waals surface area contributed by atoms with Crippen LogP contribution in [0.1, 0.15) is 20.8 Å². The van der Waals surface area contributed by atoms with Crippen LogP contribution in [0.5, 0.6) is 0 Å². The topological polar surface area (TPSA) is 0 Å². The van der Waals surface area contributed by atoms with E-state index in [2.05, 4.69) is 19.7 Å². The molecule has 0 fully saturated rings. The van der Waals surface area contributed by atoms with Crippen LogP contribution in [0.4, 0.5) is 5.63 Å². The van der Waals surface area contributed by atoms with Crippen molar-refractivity contribution in [1.82, 2.24) is 0 Å². The Hall–Kier alpha value is -0.102. The number of allylic oxidation sites excluding steroid dienone is 3. The van der Waals surface area contributed by atoms with Gasteiger partial charge in [0.2, 0.25) is 0 Å². The van der Waals surface area contributed by atoms with E-state index < -0.39 is 18.6 Å². The van der Waals surface area contributed by atoms with E-state index in [1.165, 1.54) is 20.8 Å². The van der Waals surface area contributed by atoms with Gasteiger partial charge in [0, 0.05) is 0 Å². The first-order chi connectivity index (χ1) is 5.13. The van der Waals surface area contributed by atoms with Crippen molar-refractivity contribution in [2.75, 3.05) is 0 Å². The van der Waals surface area contributed by atoms with Gasteiger partial charge in [-0.25, -0.2) is 0 Å². The van der Waals surface area contributed by atoms with Crippen LogP contribution < -0.4 is 0 Å². The Morgan fingerprint density at radius 1 is 0.833 bits per heavy atom. The van der Waals surface area contributed by atoms with Crippen LogP contribution in [0, 0.1) is 0 Å². The molecule has 0 heterocycles. The van der Waals surface area contributed by atoms with Crippen molar-refractivity contribution in [3.8, 4) is 0 Å². The fraction of sp³-hybridized carbons (Fsp3) is 0.333. The maximum atomic E-state index is 14.1. The minimum absolute atomic E-state index is 0.0391. The third-order valence-corrected chi connectivity index (χ3v) is 13.5.